The first-order chi connectivity index (χ1) is 26.2. The summed E-state index contributed by atoms with van der Waals surface area (Å²) in [6.07, 6.45) is 3.65. The topological polar surface area (TPSA) is 64.5 Å². The van der Waals surface area contributed by atoms with E-state index in [2.05, 4.69) is 145 Å². The van der Waals surface area contributed by atoms with Gasteiger partial charge in [-0.1, -0.05) is 127 Å². The zero-order chi connectivity index (χ0) is 35.1. The molecule has 0 aliphatic carbocycles. The van der Waals surface area contributed by atoms with E-state index in [0.717, 1.165) is 82.7 Å². The van der Waals surface area contributed by atoms with Crippen molar-refractivity contribution in [2.24, 2.45) is 0 Å². The largest absolute Gasteiger partial charge is 0.254 e. The zero-order valence-electron chi connectivity index (χ0n) is 28.4. The van der Waals surface area contributed by atoms with E-state index in [-0.39, 0.29) is 0 Å². The standard InChI is InChI=1S/C47H29N5S/c1-2-8-30(9-3-1)31-14-18-33(19-15-31)41-29-42(51-46(50-41)35-22-24-36(25-23-35)47-52-40-12-4-5-13-43(40)53-47)34-20-16-32(17-21-34)39-28-37-10-6-26-48-44(37)45-38(39)11-7-27-49-45/h1-29H. The van der Waals surface area contributed by atoms with E-state index in [1.54, 1.807) is 11.3 Å². The highest BCUT2D eigenvalue weighted by molar-refractivity contribution is 7.21. The second kappa shape index (κ2) is 13.0. The van der Waals surface area contributed by atoms with E-state index in [9.17, 15) is 0 Å². The fourth-order valence-electron chi connectivity index (χ4n) is 6.93. The predicted octanol–water partition coefficient (Wildman–Crippen LogP) is 12.2. The lowest BCUT2D eigenvalue weighted by Crippen LogP contribution is -1.96. The van der Waals surface area contributed by atoms with Gasteiger partial charge in [-0.05, 0) is 58.7 Å². The van der Waals surface area contributed by atoms with Crippen molar-refractivity contribution in [3.8, 4) is 66.7 Å². The third kappa shape index (κ3) is 5.81. The molecule has 6 heteroatoms. The monoisotopic (exact) mass is 695 g/mol. The summed E-state index contributed by atoms with van der Waals surface area (Å²) in [5, 5.41) is 3.14. The molecular weight excluding hydrogens is 667 g/mol. The van der Waals surface area contributed by atoms with Crippen molar-refractivity contribution in [3.05, 3.63) is 176 Å². The summed E-state index contributed by atoms with van der Waals surface area (Å²) in [4.78, 5) is 24.5. The summed E-state index contributed by atoms with van der Waals surface area (Å²) in [7, 11) is 0. The van der Waals surface area contributed by atoms with Gasteiger partial charge in [0.25, 0.3) is 0 Å². The van der Waals surface area contributed by atoms with E-state index >= 15 is 0 Å². The number of hydrogen-bond donors (Lipinski definition) is 0. The van der Waals surface area contributed by atoms with Crippen LogP contribution < -0.4 is 0 Å². The molecule has 0 fully saturated rings. The molecule has 10 rings (SSSR count). The summed E-state index contributed by atoms with van der Waals surface area (Å²) in [6.45, 7) is 0. The molecule has 0 atom stereocenters. The lowest BCUT2D eigenvalue weighted by Gasteiger charge is -2.12. The summed E-state index contributed by atoms with van der Waals surface area (Å²) in [5.74, 6) is 0.670. The van der Waals surface area contributed by atoms with Crippen LogP contribution in [-0.4, -0.2) is 24.9 Å². The molecule has 6 aromatic carbocycles. The van der Waals surface area contributed by atoms with Gasteiger partial charge in [-0.25, -0.2) is 15.0 Å². The van der Waals surface area contributed by atoms with Crippen molar-refractivity contribution >= 4 is 43.4 Å². The molecule has 53 heavy (non-hydrogen) atoms. The van der Waals surface area contributed by atoms with Crippen LogP contribution in [0.1, 0.15) is 0 Å². The minimum Gasteiger partial charge on any atom is -0.254 e. The molecule has 0 aliphatic heterocycles. The smallest absolute Gasteiger partial charge is 0.160 e. The molecule has 0 bridgehead atoms. The van der Waals surface area contributed by atoms with E-state index in [4.69, 9.17) is 19.9 Å². The van der Waals surface area contributed by atoms with Crippen molar-refractivity contribution in [1.82, 2.24) is 24.9 Å². The maximum atomic E-state index is 5.15. The Hall–Kier alpha value is -6.89. The van der Waals surface area contributed by atoms with Crippen LogP contribution >= 0.6 is 11.3 Å². The summed E-state index contributed by atoms with van der Waals surface area (Å²) < 4.78 is 1.18. The Morgan fingerprint density at radius 3 is 1.72 bits per heavy atom. The van der Waals surface area contributed by atoms with Crippen LogP contribution in [0.15, 0.2) is 176 Å². The molecule has 0 amide bonds. The molecule has 4 heterocycles. The number of pyridine rings is 2. The number of nitrogens with zero attached hydrogens (tertiary/aromatic N) is 5. The third-order valence-corrected chi connectivity index (χ3v) is 10.7. The Labute approximate surface area is 310 Å². The van der Waals surface area contributed by atoms with Gasteiger partial charge >= 0.3 is 0 Å². The Morgan fingerprint density at radius 1 is 0.396 bits per heavy atom. The minimum atomic E-state index is 0.670. The van der Waals surface area contributed by atoms with Crippen molar-refractivity contribution in [1.29, 1.82) is 0 Å². The fraction of sp³-hybridized carbons (Fsp3) is 0. The highest BCUT2D eigenvalue weighted by atomic mass is 32.1. The first kappa shape index (κ1) is 30.9. The molecule has 0 aliphatic rings. The number of para-hydroxylation sites is 1. The van der Waals surface area contributed by atoms with Crippen molar-refractivity contribution in [2.45, 2.75) is 0 Å². The highest BCUT2D eigenvalue weighted by Crippen LogP contribution is 2.36. The molecule has 4 aromatic heterocycles. The second-order valence-corrected chi connectivity index (χ2v) is 14.0. The second-order valence-electron chi connectivity index (χ2n) is 12.9. The molecule has 0 saturated carbocycles. The summed E-state index contributed by atoms with van der Waals surface area (Å²) in [5.41, 5.74) is 13.2. The number of aromatic nitrogens is 5. The van der Waals surface area contributed by atoms with Gasteiger partial charge in [0, 0.05) is 45.4 Å². The van der Waals surface area contributed by atoms with Gasteiger partial charge in [-0.3, -0.25) is 9.97 Å². The Morgan fingerprint density at radius 2 is 0.981 bits per heavy atom. The van der Waals surface area contributed by atoms with Gasteiger partial charge in [0.05, 0.1) is 32.6 Å². The van der Waals surface area contributed by atoms with Gasteiger partial charge in [-0.15, -0.1) is 11.3 Å². The van der Waals surface area contributed by atoms with Gasteiger partial charge in [0.2, 0.25) is 0 Å². The molecule has 0 N–H and O–H groups in total. The Bertz CT molecular complexity index is 2890. The maximum Gasteiger partial charge on any atom is 0.160 e. The van der Waals surface area contributed by atoms with E-state index in [1.165, 1.54) is 10.3 Å². The van der Waals surface area contributed by atoms with Crippen LogP contribution in [0.5, 0.6) is 0 Å². The predicted molar refractivity (Wildman–Crippen MR) is 218 cm³/mol. The van der Waals surface area contributed by atoms with E-state index < -0.39 is 0 Å². The normalized spacial score (nSPS) is 11.4. The lowest BCUT2D eigenvalue weighted by molar-refractivity contribution is 1.18. The van der Waals surface area contributed by atoms with Crippen molar-refractivity contribution in [3.63, 3.8) is 0 Å². The highest BCUT2D eigenvalue weighted by Gasteiger charge is 2.14. The van der Waals surface area contributed by atoms with Crippen LogP contribution in [0.2, 0.25) is 0 Å². The van der Waals surface area contributed by atoms with Crippen LogP contribution in [0, 0.1) is 0 Å². The molecular formula is C47H29N5S. The quantitative estimate of drug-likeness (QED) is 0.162. The average Bonchev–Trinajstić information content (AvgIpc) is 3.68. The van der Waals surface area contributed by atoms with Gasteiger partial charge in [-0.2, -0.15) is 0 Å². The summed E-state index contributed by atoms with van der Waals surface area (Å²) in [6, 6.07) is 56.8. The van der Waals surface area contributed by atoms with Crippen molar-refractivity contribution < 1.29 is 0 Å². The average molecular weight is 696 g/mol. The molecule has 0 unspecified atom stereocenters. The Balaban J connectivity index is 1.05. The molecule has 248 valence electrons. The fourth-order valence-corrected chi connectivity index (χ4v) is 7.90. The summed E-state index contributed by atoms with van der Waals surface area (Å²) >= 11 is 1.70. The van der Waals surface area contributed by atoms with E-state index in [0.29, 0.717) is 5.82 Å². The Kier molecular flexibility index (Phi) is 7.59. The molecule has 0 saturated heterocycles. The number of benzene rings is 6. The first-order valence-electron chi connectivity index (χ1n) is 17.5. The lowest BCUT2D eigenvalue weighted by atomic mass is 9.96. The number of thiazole rings is 1. The maximum absolute atomic E-state index is 5.15. The number of hydrogen-bond acceptors (Lipinski definition) is 6. The van der Waals surface area contributed by atoms with Gasteiger partial charge in [0.1, 0.15) is 5.01 Å². The third-order valence-electron chi connectivity index (χ3n) is 9.65. The van der Waals surface area contributed by atoms with Gasteiger partial charge < -0.3 is 0 Å². The molecule has 0 spiro atoms. The van der Waals surface area contributed by atoms with E-state index in [1.807, 2.05) is 36.7 Å². The van der Waals surface area contributed by atoms with Crippen LogP contribution in [0.4, 0.5) is 0 Å². The number of rotatable bonds is 6. The minimum absolute atomic E-state index is 0.670. The number of fused-ring (bicyclic) bond motifs is 4. The SMILES string of the molecule is c1ccc(-c2ccc(-c3cc(-c4ccc(-c5cc6cccnc6c6ncccc56)cc4)nc(-c4ccc(-c5nc6ccccc6s5)cc4)n3)cc2)cc1. The molecule has 10 aromatic rings. The van der Waals surface area contributed by atoms with Crippen LogP contribution in [0.25, 0.3) is 98.7 Å². The van der Waals surface area contributed by atoms with Crippen molar-refractivity contribution in [2.75, 3.05) is 0 Å². The molecule has 0 radical (unpaired) electrons. The first-order valence-corrected chi connectivity index (χ1v) is 18.3. The van der Waals surface area contributed by atoms with Gasteiger partial charge in [0.15, 0.2) is 5.82 Å². The van der Waals surface area contributed by atoms with Crippen LogP contribution in [-0.2, 0) is 0 Å². The molecule has 5 nitrogen and oxygen atoms in total. The zero-order valence-corrected chi connectivity index (χ0v) is 29.2. The van der Waals surface area contributed by atoms with Crippen LogP contribution in [0.3, 0.4) is 0 Å².